The lowest BCUT2D eigenvalue weighted by Gasteiger charge is -2.00. The Bertz CT molecular complexity index is 347. The summed E-state index contributed by atoms with van der Waals surface area (Å²) >= 11 is 0. The summed E-state index contributed by atoms with van der Waals surface area (Å²) in [6, 6.07) is 1.52. The molecule has 0 aliphatic carbocycles. The van der Waals surface area contributed by atoms with E-state index in [2.05, 4.69) is 9.72 Å². The molecule has 0 radical (unpaired) electrons. The molecular weight excluding hydrogens is 170 g/mol. The highest BCUT2D eigenvalue weighted by atomic mass is 16.5. The van der Waals surface area contributed by atoms with Gasteiger partial charge in [0.15, 0.2) is 6.29 Å². The van der Waals surface area contributed by atoms with Crippen molar-refractivity contribution >= 4 is 12.3 Å². The largest absolute Gasteiger partial charge is 0.464 e. The van der Waals surface area contributed by atoms with E-state index in [0.717, 1.165) is 0 Å². The molecule has 68 valence electrons. The fourth-order valence-corrected chi connectivity index (χ4v) is 0.906. The van der Waals surface area contributed by atoms with Gasteiger partial charge in [-0.1, -0.05) is 0 Å². The smallest absolute Gasteiger partial charge is 0.356 e. The lowest BCUT2D eigenvalue weighted by Crippen LogP contribution is -2.05. The minimum Gasteiger partial charge on any atom is -0.464 e. The van der Waals surface area contributed by atoms with Crippen molar-refractivity contribution in [1.29, 1.82) is 0 Å². The quantitative estimate of drug-likeness (QED) is 0.501. The fourth-order valence-electron chi connectivity index (χ4n) is 0.906. The van der Waals surface area contributed by atoms with Crippen molar-refractivity contribution in [2.45, 2.75) is 6.92 Å². The number of aldehydes is 1. The van der Waals surface area contributed by atoms with Crippen LogP contribution in [-0.2, 0) is 4.74 Å². The number of carbonyl (C=O) groups excluding carboxylic acids is 2. The molecule has 1 heterocycles. The number of hydrogen-bond acceptors (Lipinski definition) is 4. The van der Waals surface area contributed by atoms with E-state index in [9.17, 15) is 9.59 Å². The number of rotatable bonds is 2. The van der Waals surface area contributed by atoms with E-state index in [1.54, 1.807) is 6.92 Å². The number of ether oxygens (including phenoxy) is 1. The lowest BCUT2D eigenvalue weighted by molar-refractivity contribution is 0.0593. The first-order valence-electron chi connectivity index (χ1n) is 3.69. The molecule has 13 heavy (non-hydrogen) atoms. The van der Waals surface area contributed by atoms with E-state index in [0.29, 0.717) is 17.4 Å². The van der Waals surface area contributed by atoms with Gasteiger partial charge in [0, 0.05) is 11.8 Å². The molecular formula is C9H9NO3. The first-order valence-corrected chi connectivity index (χ1v) is 3.69. The molecule has 0 spiro atoms. The van der Waals surface area contributed by atoms with Crippen LogP contribution in [0.2, 0.25) is 0 Å². The van der Waals surface area contributed by atoms with Gasteiger partial charge in [-0.2, -0.15) is 0 Å². The average Bonchev–Trinajstić information content (AvgIpc) is 2.16. The average molecular weight is 179 g/mol. The van der Waals surface area contributed by atoms with Crippen LogP contribution in [0.4, 0.5) is 0 Å². The van der Waals surface area contributed by atoms with Crippen LogP contribution >= 0.6 is 0 Å². The van der Waals surface area contributed by atoms with Gasteiger partial charge < -0.3 is 4.74 Å². The van der Waals surface area contributed by atoms with Gasteiger partial charge in [-0.05, 0) is 18.6 Å². The zero-order valence-electron chi connectivity index (χ0n) is 7.40. The molecule has 0 bridgehead atoms. The van der Waals surface area contributed by atoms with Gasteiger partial charge in [-0.15, -0.1) is 0 Å². The van der Waals surface area contributed by atoms with Gasteiger partial charge >= 0.3 is 5.97 Å². The van der Waals surface area contributed by atoms with Gasteiger partial charge in [-0.3, -0.25) is 4.79 Å². The topological polar surface area (TPSA) is 56.3 Å². The molecule has 1 aromatic rings. The number of methoxy groups -OCH3 is 1. The summed E-state index contributed by atoms with van der Waals surface area (Å²) in [5.41, 5.74) is 1.41. The van der Waals surface area contributed by atoms with Gasteiger partial charge in [0.2, 0.25) is 0 Å². The number of pyridine rings is 1. The molecule has 0 aromatic carbocycles. The maximum Gasteiger partial charge on any atom is 0.356 e. The summed E-state index contributed by atoms with van der Waals surface area (Å²) in [6.07, 6.45) is 2.05. The van der Waals surface area contributed by atoms with E-state index in [-0.39, 0.29) is 5.69 Å². The van der Waals surface area contributed by atoms with E-state index in [1.165, 1.54) is 19.4 Å². The number of aromatic nitrogens is 1. The Morgan fingerprint density at radius 1 is 1.62 bits per heavy atom. The zero-order valence-corrected chi connectivity index (χ0v) is 7.40. The van der Waals surface area contributed by atoms with Crippen LogP contribution in [-0.4, -0.2) is 24.3 Å². The molecule has 0 aliphatic rings. The van der Waals surface area contributed by atoms with Crippen LogP contribution < -0.4 is 0 Å². The van der Waals surface area contributed by atoms with Gasteiger partial charge in [0.1, 0.15) is 5.69 Å². The van der Waals surface area contributed by atoms with Crippen LogP contribution in [0.5, 0.6) is 0 Å². The maximum atomic E-state index is 11.0. The lowest BCUT2D eigenvalue weighted by atomic mass is 10.1. The third-order valence-corrected chi connectivity index (χ3v) is 1.67. The molecule has 0 amide bonds. The summed E-state index contributed by atoms with van der Waals surface area (Å²) in [7, 11) is 1.28. The van der Waals surface area contributed by atoms with Crippen molar-refractivity contribution < 1.29 is 14.3 Å². The van der Waals surface area contributed by atoms with Crippen molar-refractivity contribution in [3.63, 3.8) is 0 Å². The Balaban J connectivity index is 3.09. The SMILES string of the molecule is COC(=O)c1cc(C)c(C=O)cn1. The minimum absolute atomic E-state index is 0.214. The third-order valence-electron chi connectivity index (χ3n) is 1.67. The van der Waals surface area contributed by atoms with Crippen LogP contribution in [0.15, 0.2) is 12.3 Å². The zero-order chi connectivity index (χ0) is 9.84. The maximum absolute atomic E-state index is 11.0. The Kier molecular flexibility index (Phi) is 2.74. The number of nitrogens with zero attached hydrogens (tertiary/aromatic N) is 1. The van der Waals surface area contributed by atoms with E-state index >= 15 is 0 Å². The predicted octanol–water partition coefficient (Wildman–Crippen LogP) is 0.989. The highest BCUT2D eigenvalue weighted by molar-refractivity contribution is 5.88. The Morgan fingerprint density at radius 3 is 2.77 bits per heavy atom. The second-order valence-corrected chi connectivity index (χ2v) is 2.54. The number of aryl methyl sites for hydroxylation is 1. The summed E-state index contributed by atoms with van der Waals surface area (Å²) < 4.78 is 4.47. The Labute approximate surface area is 75.5 Å². The second kappa shape index (κ2) is 3.80. The normalized spacial score (nSPS) is 9.38. The van der Waals surface area contributed by atoms with E-state index in [1.807, 2.05) is 0 Å². The van der Waals surface area contributed by atoms with E-state index in [4.69, 9.17) is 0 Å². The van der Waals surface area contributed by atoms with Crippen molar-refractivity contribution in [3.05, 3.63) is 29.1 Å². The van der Waals surface area contributed by atoms with Crippen LogP contribution in [0.1, 0.15) is 26.4 Å². The summed E-state index contributed by atoms with van der Waals surface area (Å²) in [5.74, 6) is -0.499. The fraction of sp³-hybridized carbons (Fsp3) is 0.222. The monoisotopic (exact) mass is 179 g/mol. The molecule has 0 saturated heterocycles. The molecule has 0 fully saturated rings. The molecule has 0 aliphatic heterocycles. The first-order chi connectivity index (χ1) is 6.19. The van der Waals surface area contributed by atoms with Crippen molar-refractivity contribution in [2.75, 3.05) is 7.11 Å². The first kappa shape index (κ1) is 9.38. The molecule has 0 atom stereocenters. The molecule has 0 saturated carbocycles. The van der Waals surface area contributed by atoms with E-state index < -0.39 is 5.97 Å². The van der Waals surface area contributed by atoms with Gasteiger partial charge in [0.05, 0.1) is 7.11 Å². The summed E-state index contributed by atoms with van der Waals surface area (Å²) in [5, 5.41) is 0. The minimum atomic E-state index is -0.499. The third kappa shape index (κ3) is 1.90. The molecule has 1 aromatic heterocycles. The molecule has 4 heteroatoms. The Morgan fingerprint density at radius 2 is 2.31 bits per heavy atom. The highest BCUT2D eigenvalue weighted by Gasteiger charge is 2.08. The van der Waals surface area contributed by atoms with Gasteiger partial charge in [0.25, 0.3) is 0 Å². The standard InChI is InChI=1S/C9H9NO3/c1-6-3-8(9(12)13-2)10-4-7(6)5-11/h3-5H,1-2H3. The Hall–Kier alpha value is -1.71. The molecule has 0 N–H and O–H groups in total. The molecule has 1 rings (SSSR count). The van der Waals surface area contributed by atoms with Crippen LogP contribution in [0.3, 0.4) is 0 Å². The van der Waals surface area contributed by atoms with Crippen molar-refractivity contribution in [3.8, 4) is 0 Å². The van der Waals surface area contributed by atoms with Crippen LogP contribution in [0, 0.1) is 6.92 Å². The number of carbonyl (C=O) groups is 2. The van der Waals surface area contributed by atoms with Crippen molar-refractivity contribution in [2.24, 2.45) is 0 Å². The predicted molar refractivity (Wildman–Crippen MR) is 45.7 cm³/mol. The number of hydrogen-bond donors (Lipinski definition) is 0. The summed E-state index contributed by atoms with van der Waals surface area (Å²) in [4.78, 5) is 25.2. The second-order valence-electron chi connectivity index (χ2n) is 2.54. The van der Waals surface area contributed by atoms with Gasteiger partial charge in [-0.25, -0.2) is 9.78 Å². The summed E-state index contributed by atoms with van der Waals surface area (Å²) in [6.45, 7) is 1.73. The van der Waals surface area contributed by atoms with Crippen LogP contribution in [0.25, 0.3) is 0 Å². The number of esters is 1. The highest BCUT2D eigenvalue weighted by Crippen LogP contribution is 2.06. The van der Waals surface area contributed by atoms with Crippen molar-refractivity contribution in [1.82, 2.24) is 4.98 Å². The molecule has 0 unspecified atom stereocenters. The molecule has 4 nitrogen and oxygen atoms in total.